The molecule has 0 amide bonds. The van der Waals surface area contributed by atoms with Crippen LogP contribution in [-0.4, -0.2) is 0 Å². The maximum Gasteiger partial charge on any atom is 0.0992 e. The van der Waals surface area contributed by atoms with Gasteiger partial charge in [-0.15, -0.1) is 0 Å². The molecular weight excluding hydrogens is 208 g/mol. The van der Waals surface area contributed by atoms with Crippen LogP contribution in [0, 0.1) is 11.3 Å². The molecule has 2 nitrogen and oxygen atoms in total. The van der Waals surface area contributed by atoms with Gasteiger partial charge in [0.1, 0.15) is 0 Å². The van der Waals surface area contributed by atoms with Crippen LogP contribution in [0.4, 0.5) is 11.4 Å². The Morgan fingerprint density at radius 1 is 1.06 bits per heavy atom. The van der Waals surface area contributed by atoms with E-state index in [1.807, 2.05) is 30.3 Å². The molecule has 0 aromatic heterocycles. The van der Waals surface area contributed by atoms with Crippen LogP contribution in [0.5, 0.6) is 0 Å². The molecule has 2 aromatic carbocycles. The fraction of sp³-hybridized carbons (Fsp3) is 0.133. The Hall–Kier alpha value is -2.27. The van der Waals surface area contributed by atoms with E-state index in [0.717, 1.165) is 17.8 Å². The van der Waals surface area contributed by atoms with Gasteiger partial charge in [-0.05, 0) is 42.3 Å². The first kappa shape index (κ1) is 11.2. The Labute approximate surface area is 102 Å². The van der Waals surface area contributed by atoms with E-state index < -0.39 is 0 Å². The van der Waals surface area contributed by atoms with Gasteiger partial charge in [-0.25, -0.2) is 0 Å². The standard InChI is InChI=1S/C15H14N2/c1-2-12-5-3-7-14(9-12)17-15-8-4-6-13(10-15)11-16/h3-10,17H,2H2,1H3. The minimum Gasteiger partial charge on any atom is -0.355 e. The molecule has 2 rings (SSSR count). The average molecular weight is 222 g/mol. The summed E-state index contributed by atoms with van der Waals surface area (Å²) in [6.07, 6.45) is 1.02. The maximum absolute atomic E-state index is 8.83. The summed E-state index contributed by atoms with van der Waals surface area (Å²) in [7, 11) is 0. The normalized spacial score (nSPS) is 9.65. The molecule has 0 saturated heterocycles. The van der Waals surface area contributed by atoms with Crippen molar-refractivity contribution in [1.82, 2.24) is 0 Å². The zero-order valence-corrected chi connectivity index (χ0v) is 9.77. The summed E-state index contributed by atoms with van der Waals surface area (Å²) in [5, 5.41) is 12.1. The fourth-order valence-electron chi connectivity index (χ4n) is 1.70. The van der Waals surface area contributed by atoms with Gasteiger partial charge in [0.2, 0.25) is 0 Å². The second-order valence-electron chi connectivity index (χ2n) is 3.87. The van der Waals surface area contributed by atoms with Crippen molar-refractivity contribution < 1.29 is 0 Å². The van der Waals surface area contributed by atoms with E-state index in [1.54, 1.807) is 6.07 Å². The van der Waals surface area contributed by atoms with Crippen LogP contribution in [0.15, 0.2) is 48.5 Å². The highest BCUT2D eigenvalue weighted by Crippen LogP contribution is 2.18. The van der Waals surface area contributed by atoms with Gasteiger partial charge in [-0.3, -0.25) is 0 Å². The fourth-order valence-corrected chi connectivity index (χ4v) is 1.70. The van der Waals surface area contributed by atoms with E-state index in [-0.39, 0.29) is 0 Å². The highest BCUT2D eigenvalue weighted by atomic mass is 14.9. The second-order valence-corrected chi connectivity index (χ2v) is 3.87. The highest BCUT2D eigenvalue weighted by molar-refractivity contribution is 5.61. The molecule has 2 heteroatoms. The second kappa shape index (κ2) is 5.18. The predicted molar refractivity (Wildman–Crippen MR) is 70.3 cm³/mol. The van der Waals surface area contributed by atoms with Gasteiger partial charge in [0.15, 0.2) is 0 Å². The van der Waals surface area contributed by atoms with E-state index in [1.165, 1.54) is 5.56 Å². The lowest BCUT2D eigenvalue weighted by atomic mass is 10.1. The summed E-state index contributed by atoms with van der Waals surface area (Å²) in [5.41, 5.74) is 3.96. The van der Waals surface area contributed by atoms with Crippen molar-refractivity contribution in [3.8, 4) is 6.07 Å². The molecule has 0 atom stereocenters. The number of hydrogen-bond acceptors (Lipinski definition) is 2. The molecule has 0 spiro atoms. The minimum absolute atomic E-state index is 0.668. The summed E-state index contributed by atoms with van der Waals surface area (Å²) in [6.45, 7) is 2.13. The van der Waals surface area contributed by atoms with Crippen molar-refractivity contribution in [3.63, 3.8) is 0 Å². The number of rotatable bonds is 3. The predicted octanol–water partition coefficient (Wildman–Crippen LogP) is 3.86. The largest absolute Gasteiger partial charge is 0.355 e. The third kappa shape index (κ3) is 2.85. The summed E-state index contributed by atoms with van der Waals surface area (Å²) in [5.74, 6) is 0. The zero-order valence-electron chi connectivity index (χ0n) is 9.77. The van der Waals surface area contributed by atoms with E-state index >= 15 is 0 Å². The zero-order chi connectivity index (χ0) is 12.1. The monoisotopic (exact) mass is 222 g/mol. The molecule has 0 radical (unpaired) electrons. The van der Waals surface area contributed by atoms with Gasteiger partial charge in [0.25, 0.3) is 0 Å². The van der Waals surface area contributed by atoms with Crippen LogP contribution in [-0.2, 0) is 6.42 Å². The van der Waals surface area contributed by atoms with Crippen LogP contribution in [0.25, 0.3) is 0 Å². The lowest BCUT2D eigenvalue weighted by molar-refractivity contribution is 1.14. The van der Waals surface area contributed by atoms with Crippen molar-refractivity contribution >= 4 is 11.4 Å². The first-order chi connectivity index (χ1) is 8.31. The lowest BCUT2D eigenvalue weighted by Gasteiger charge is -2.07. The van der Waals surface area contributed by atoms with Crippen molar-refractivity contribution in [2.24, 2.45) is 0 Å². The average Bonchev–Trinajstić information content (AvgIpc) is 2.39. The van der Waals surface area contributed by atoms with Gasteiger partial charge >= 0.3 is 0 Å². The number of anilines is 2. The number of nitriles is 1. The van der Waals surface area contributed by atoms with E-state index in [2.05, 4.69) is 30.4 Å². The topological polar surface area (TPSA) is 35.8 Å². The number of nitrogens with zero attached hydrogens (tertiary/aromatic N) is 1. The van der Waals surface area contributed by atoms with Crippen LogP contribution >= 0.6 is 0 Å². The molecule has 0 unspecified atom stereocenters. The molecular formula is C15H14N2. The Bertz CT molecular complexity index is 553. The molecule has 0 fully saturated rings. The van der Waals surface area contributed by atoms with Gasteiger partial charge in [-0.2, -0.15) is 5.26 Å². The summed E-state index contributed by atoms with van der Waals surface area (Å²) in [4.78, 5) is 0. The van der Waals surface area contributed by atoms with Gasteiger partial charge in [0, 0.05) is 11.4 Å². The van der Waals surface area contributed by atoms with E-state index in [0.29, 0.717) is 5.56 Å². The Morgan fingerprint density at radius 3 is 2.47 bits per heavy atom. The van der Waals surface area contributed by atoms with Crippen molar-refractivity contribution in [2.75, 3.05) is 5.32 Å². The Balaban J connectivity index is 2.22. The molecule has 84 valence electrons. The molecule has 1 N–H and O–H groups in total. The number of aryl methyl sites for hydroxylation is 1. The minimum atomic E-state index is 0.668. The molecule has 0 saturated carbocycles. The van der Waals surface area contributed by atoms with Crippen molar-refractivity contribution in [3.05, 3.63) is 59.7 Å². The van der Waals surface area contributed by atoms with Crippen LogP contribution in [0.1, 0.15) is 18.1 Å². The molecule has 0 heterocycles. The van der Waals surface area contributed by atoms with Crippen molar-refractivity contribution in [1.29, 1.82) is 5.26 Å². The van der Waals surface area contributed by atoms with Gasteiger partial charge in [-0.1, -0.05) is 25.1 Å². The molecule has 2 aromatic rings. The van der Waals surface area contributed by atoms with Crippen molar-refractivity contribution in [2.45, 2.75) is 13.3 Å². The quantitative estimate of drug-likeness (QED) is 0.855. The number of benzene rings is 2. The summed E-state index contributed by atoms with van der Waals surface area (Å²) in [6, 6.07) is 17.9. The van der Waals surface area contributed by atoms with Crippen LogP contribution < -0.4 is 5.32 Å². The lowest BCUT2D eigenvalue weighted by Crippen LogP contribution is -1.91. The van der Waals surface area contributed by atoms with E-state index in [4.69, 9.17) is 5.26 Å². The molecule has 17 heavy (non-hydrogen) atoms. The molecule has 0 aliphatic rings. The molecule has 0 aliphatic heterocycles. The Kier molecular flexibility index (Phi) is 3.42. The third-order valence-electron chi connectivity index (χ3n) is 2.62. The SMILES string of the molecule is CCc1cccc(Nc2cccc(C#N)c2)c1. The summed E-state index contributed by atoms with van der Waals surface area (Å²) >= 11 is 0. The van der Waals surface area contributed by atoms with Crippen LogP contribution in [0.3, 0.4) is 0 Å². The molecule has 0 aliphatic carbocycles. The number of hydrogen-bond donors (Lipinski definition) is 1. The van der Waals surface area contributed by atoms with Gasteiger partial charge in [0.05, 0.1) is 11.6 Å². The van der Waals surface area contributed by atoms with Gasteiger partial charge < -0.3 is 5.32 Å². The number of nitrogens with one attached hydrogen (secondary N) is 1. The smallest absolute Gasteiger partial charge is 0.0992 e. The first-order valence-electron chi connectivity index (χ1n) is 5.68. The molecule has 0 bridgehead atoms. The maximum atomic E-state index is 8.83. The third-order valence-corrected chi connectivity index (χ3v) is 2.62. The first-order valence-corrected chi connectivity index (χ1v) is 5.68. The van der Waals surface area contributed by atoms with E-state index in [9.17, 15) is 0 Å². The Morgan fingerprint density at radius 2 is 1.76 bits per heavy atom. The highest BCUT2D eigenvalue weighted by Gasteiger charge is 1.97. The van der Waals surface area contributed by atoms with Crippen LogP contribution in [0.2, 0.25) is 0 Å². The summed E-state index contributed by atoms with van der Waals surface area (Å²) < 4.78 is 0.